The van der Waals surface area contributed by atoms with Crippen LogP contribution in [0.2, 0.25) is 0 Å². The molecule has 2 N–H and O–H groups in total. The van der Waals surface area contributed by atoms with E-state index < -0.39 is 0 Å². The van der Waals surface area contributed by atoms with Crippen molar-refractivity contribution in [2.45, 2.75) is 58.2 Å². The molecule has 1 saturated heterocycles. The van der Waals surface area contributed by atoms with Gasteiger partial charge in [0.15, 0.2) is 0 Å². The fourth-order valence-corrected chi connectivity index (χ4v) is 2.79. The average Bonchev–Trinajstić information content (AvgIpc) is 2.46. The second-order valence-corrected chi connectivity index (χ2v) is 6.41. The molecule has 1 aliphatic heterocycles. The Morgan fingerprint density at radius 3 is 2.81 bits per heavy atom. The van der Waals surface area contributed by atoms with Crippen LogP contribution in [-0.2, 0) is 14.3 Å². The summed E-state index contributed by atoms with van der Waals surface area (Å²) in [6.45, 7) is 9.23. The summed E-state index contributed by atoms with van der Waals surface area (Å²) in [5.74, 6) is 0.0507. The average molecular weight is 321 g/mol. The van der Waals surface area contributed by atoms with E-state index in [0.717, 1.165) is 32.4 Å². The minimum Gasteiger partial charge on any atom is -0.378 e. The molecule has 2 aliphatic rings. The molecule has 2 rings (SSSR count). The highest BCUT2D eigenvalue weighted by atomic mass is 35.5. The van der Waals surface area contributed by atoms with Gasteiger partial charge in [-0.2, -0.15) is 0 Å². The second-order valence-electron chi connectivity index (χ2n) is 6.41. The molecule has 5 nitrogen and oxygen atoms in total. The minimum absolute atomic E-state index is 0. The van der Waals surface area contributed by atoms with Gasteiger partial charge in [-0.15, -0.1) is 12.4 Å². The summed E-state index contributed by atoms with van der Waals surface area (Å²) in [6.07, 6.45) is 3.43. The van der Waals surface area contributed by atoms with Gasteiger partial charge in [0.2, 0.25) is 5.91 Å². The number of carbonyl (C=O) groups excluding carboxylic acids is 1. The molecule has 0 aromatic heterocycles. The molecule has 0 bridgehead atoms. The van der Waals surface area contributed by atoms with Gasteiger partial charge in [0.1, 0.15) is 6.04 Å². The lowest BCUT2D eigenvalue weighted by molar-refractivity contribution is -0.141. The van der Waals surface area contributed by atoms with Crippen LogP contribution in [0.4, 0.5) is 0 Å². The van der Waals surface area contributed by atoms with Crippen molar-refractivity contribution >= 4 is 18.3 Å². The van der Waals surface area contributed by atoms with E-state index in [2.05, 4.69) is 31.4 Å². The number of amides is 1. The number of ether oxygens (including phenoxy) is 2. The van der Waals surface area contributed by atoms with Gasteiger partial charge in [-0.25, -0.2) is 0 Å². The van der Waals surface area contributed by atoms with Crippen molar-refractivity contribution in [2.75, 3.05) is 26.4 Å². The van der Waals surface area contributed by atoms with Crippen molar-refractivity contribution < 1.29 is 14.3 Å². The van der Waals surface area contributed by atoms with Crippen molar-refractivity contribution in [1.29, 1.82) is 0 Å². The van der Waals surface area contributed by atoms with Crippen LogP contribution in [0.1, 0.15) is 40.0 Å². The number of carbonyl (C=O) groups is 1. The summed E-state index contributed by atoms with van der Waals surface area (Å²) in [6, 6.07) is -0.00929. The molecule has 21 heavy (non-hydrogen) atoms. The maximum absolute atomic E-state index is 12.2. The number of hydrogen-bond donors (Lipinski definition) is 2. The monoisotopic (exact) mass is 320 g/mol. The number of nitrogens with one attached hydrogen (secondary N) is 2. The molecule has 1 saturated carbocycles. The maximum atomic E-state index is 12.2. The van der Waals surface area contributed by atoms with Crippen molar-refractivity contribution in [3.63, 3.8) is 0 Å². The Kier molecular flexibility index (Phi) is 7.40. The Balaban J connectivity index is 0.00000220. The van der Waals surface area contributed by atoms with Crippen molar-refractivity contribution in [2.24, 2.45) is 5.41 Å². The highest BCUT2D eigenvalue weighted by molar-refractivity contribution is 5.85. The summed E-state index contributed by atoms with van der Waals surface area (Å²) >= 11 is 0. The molecule has 1 aliphatic carbocycles. The molecule has 1 amide bonds. The molecule has 0 aromatic carbocycles. The largest absolute Gasteiger partial charge is 0.378 e. The van der Waals surface area contributed by atoms with Gasteiger partial charge in [0.05, 0.1) is 19.3 Å². The van der Waals surface area contributed by atoms with Gasteiger partial charge >= 0.3 is 0 Å². The van der Waals surface area contributed by atoms with Crippen LogP contribution in [0.25, 0.3) is 0 Å². The van der Waals surface area contributed by atoms with Crippen molar-refractivity contribution in [3.8, 4) is 0 Å². The van der Waals surface area contributed by atoms with E-state index in [1.165, 1.54) is 0 Å². The molecule has 1 heterocycles. The highest BCUT2D eigenvalue weighted by Crippen LogP contribution is 2.42. The molecule has 124 valence electrons. The van der Waals surface area contributed by atoms with E-state index in [1.807, 2.05) is 0 Å². The fraction of sp³-hybridized carbons (Fsp3) is 0.933. The Labute approximate surface area is 133 Å². The first-order valence-electron chi connectivity index (χ1n) is 7.78. The first-order chi connectivity index (χ1) is 9.55. The smallest absolute Gasteiger partial charge is 0.239 e. The third kappa shape index (κ3) is 4.55. The van der Waals surface area contributed by atoms with Gasteiger partial charge < -0.3 is 20.1 Å². The lowest BCUT2D eigenvalue weighted by atomic mass is 9.64. The fourth-order valence-electron chi connectivity index (χ4n) is 2.79. The Morgan fingerprint density at radius 1 is 1.48 bits per heavy atom. The first-order valence-corrected chi connectivity index (χ1v) is 7.78. The van der Waals surface area contributed by atoms with Crippen molar-refractivity contribution in [1.82, 2.24) is 10.6 Å². The van der Waals surface area contributed by atoms with Crippen LogP contribution >= 0.6 is 12.4 Å². The lowest BCUT2D eigenvalue weighted by Crippen LogP contribution is -2.64. The van der Waals surface area contributed by atoms with Crippen molar-refractivity contribution in [3.05, 3.63) is 0 Å². The Bertz CT molecular complexity index is 333. The Hall–Kier alpha value is -0.360. The number of hydrogen-bond acceptors (Lipinski definition) is 4. The molecular formula is C15H29ClN2O3. The standard InChI is InChI=1S/C15H28N2O3.ClH/c1-4-5-7-20-13-9-12(15(13,2)3)17-14(18)11-10-19-8-6-16-11;/h11-13,16H,4-10H2,1-3H3,(H,17,18);1H. The second kappa shape index (κ2) is 8.32. The zero-order valence-electron chi connectivity index (χ0n) is 13.3. The zero-order chi connectivity index (χ0) is 14.6. The van der Waals surface area contributed by atoms with Gasteiger partial charge in [-0.1, -0.05) is 27.2 Å². The van der Waals surface area contributed by atoms with E-state index in [4.69, 9.17) is 9.47 Å². The summed E-state index contributed by atoms with van der Waals surface area (Å²) < 4.78 is 11.2. The van der Waals surface area contributed by atoms with Gasteiger partial charge in [0.25, 0.3) is 0 Å². The minimum atomic E-state index is -0.209. The quantitative estimate of drug-likeness (QED) is 0.728. The number of morpholine rings is 1. The summed E-state index contributed by atoms with van der Waals surface area (Å²) in [5, 5.41) is 6.32. The summed E-state index contributed by atoms with van der Waals surface area (Å²) in [7, 11) is 0. The molecule has 6 heteroatoms. The SMILES string of the molecule is CCCCOC1CC(NC(=O)C2COCCN2)C1(C)C.Cl. The van der Waals surface area contributed by atoms with Crippen LogP contribution in [-0.4, -0.2) is 50.5 Å². The zero-order valence-corrected chi connectivity index (χ0v) is 14.1. The van der Waals surface area contributed by atoms with E-state index in [0.29, 0.717) is 13.2 Å². The summed E-state index contributed by atoms with van der Waals surface area (Å²) in [4.78, 5) is 12.2. The molecule has 3 unspecified atom stereocenters. The third-order valence-electron chi connectivity index (χ3n) is 4.55. The van der Waals surface area contributed by atoms with Gasteiger partial charge in [-0.3, -0.25) is 4.79 Å². The summed E-state index contributed by atoms with van der Waals surface area (Å²) in [5.41, 5.74) is 0.0128. The molecule has 0 radical (unpaired) electrons. The van der Waals surface area contributed by atoms with Crippen LogP contribution < -0.4 is 10.6 Å². The molecule has 0 spiro atoms. The predicted octanol–water partition coefficient (Wildman–Crippen LogP) is 1.50. The third-order valence-corrected chi connectivity index (χ3v) is 4.55. The molecule has 0 aromatic rings. The van der Waals surface area contributed by atoms with Crippen LogP contribution in [0, 0.1) is 5.41 Å². The van der Waals surface area contributed by atoms with E-state index >= 15 is 0 Å². The van der Waals surface area contributed by atoms with E-state index in [-0.39, 0.29) is 41.9 Å². The van der Waals surface area contributed by atoms with Gasteiger partial charge in [0, 0.05) is 24.6 Å². The van der Waals surface area contributed by atoms with Crippen LogP contribution in [0.15, 0.2) is 0 Å². The van der Waals surface area contributed by atoms with E-state index in [1.54, 1.807) is 0 Å². The molecule has 3 atom stereocenters. The predicted molar refractivity (Wildman–Crippen MR) is 84.8 cm³/mol. The number of rotatable bonds is 6. The highest BCUT2D eigenvalue weighted by Gasteiger charge is 2.50. The maximum Gasteiger partial charge on any atom is 0.239 e. The Morgan fingerprint density at radius 2 is 2.24 bits per heavy atom. The topological polar surface area (TPSA) is 59.6 Å². The number of unbranched alkanes of at least 4 members (excludes halogenated alkanes) is 1. The molecule has 2 fully saturated rings. The lowest BCUT2D eigenvalue weighted by Gasteiger charge is -2.52. The van der Waals surface area contributed by atoms with Gasteiger partial charge in [-0.05, 0) is 12.8 Å². The number of halogens is 1. The normalized spacial score (nSPS) is 30.9. The van der Waals surface area contributed by atoms with Crippen LogP contribution in [0.5, 0.6) is 0 Å². The van der Waals surface area contributed by atoms with Crippen LogP contribution in [0.3, 0.4) is 0 Å². The first kappa shape index (κ1) is 18.7. The van der Waals surface area contributed by atoms with E-state index in [9.17, 15) is 4.79 Å². The molecular weight excluding hydrogens is 292 g/mol.